The fraction of sp³-hybridized carbons (Fsp3) is 0.571. The Kier molecular flexibility index (Phi) is 3.43. The molecule has 0 aromatic rings. The molecule has 0 fully saturated rings. The first-order valence-electron chi connectivity index (χ1n) is 3.68. The summed E-state index contributed by atoms with van der Waals surface area (Å²) in [6.45, 7) is 0. The van der Waals surface area contributed by atoms with Crippen LogP contribution in [-0.2, 0) is 4.79 Å². The second-order valence-corrected chi connectivity index (χ2v) is 3.37. The Morgan fingerprint density at radius 3 is 3.17 bits per heavy atom. The number of rotatable bonds is 4. The van der Waals surface area contributed by atoms with Gasteiger partial charge in [-0.2, -0.15) is 0 Å². The van der Waals surface area contributed by atoms with Gasteiger partial charge in [0, 0.05) is 12.1 Å². The first-order valence-corrected chi connectivity index (χ1v) is 4.73. The lowest BCUT2D eigenvalue weighted by Gasteiger charge is -2.11. The van der Waals surface area contributed by atoms with Crippen LogP contribution in [0.3, 0.4) is 0 Å². The Balaban J connectivity index is 2.41. The van der Waals surface area contributed by atoms with E-state index in [1.165, 1.54) is 0 Å². The minimum Gasteiger partial charge on any atom is -0.480 e. The summed E-state index contributed by atoms with van der Waals surface area (Å²) in [5.41, 5.74) is 1.00. The van der Waals surface area contributed by atoms with Crippen LogP contribution in [0.25, 0.3) is 0 Å². The van der Waals surface area contributed by atoms with Crippen molar-refractivity contribution < 1.29 is 9.90 Å². The van der Waals surface area contributed by atoms with Crippen molar-refractivity contribution in [3.05, 3.63) is 11.1 Å². The first kappa shape index (κ1) is 9.41. The minimum absolute atomic E-state index is 0.484. The standard InChI is InChI=1S/C7H12N2O2S/c1-8-6(7(10)11)2-5-3-12-4-9-5/h3,6,8-9H,2,4H2,1H3,(H,10,11)/t6-/m0/s1. The number of thioether (sulfide) groups is 1. The third-order valence-electron chi connectivity index (χ3n) is 1.68. The maximum atomic E-state index is 10.6. The molecule has 0 saturated carbocycles. The lowest BCUT2D eigenvalue weighted by molar-refractivity contribution is -0.139. The van der Waals surface area contributed by atoms with E-state index in [9.17, 15) is 4.79 Å². The SMILES string of the molecule is CN[C@@H](CC1=CSCN1)C(=O)O. The molecule has 0 unspecified atom stereocenters. The summed E-state index contributed by atoms with van der Waals surface area (Å²) in [5, 5.41) is 16.5. The molecule has 0 saturated heterocycles. The predicted molar refractivity (Wildman–Crippen MR) is 48.8 cm³/mol. The van der Waals surface area contributed by atoms with Crippen molar-refractivity contribution in [2.75, 3.05) is 12.9 Å². The second-order valence-electron chi connectivity index (χ2n) is 2.51. The molecule has 0 aromatic carbocycles. The summed E-state index contributed by atoms with van der Waals surface area (Å²) in [6.07, 6.45) is 0.527. The molecule has 0 aliphatic carbocycles. The van der Waals surface area contributed by atoms with Gasteiger partial charge in [-0.05, 0) is 12.5 Å². The zero-order valence-corrected chi connectivity index (χ0v) is 7.65. The van der Waals surface area contributed by atoms with Crippen molar-refractivity contribution in [2.45, 2.75) is 12.5 Å². The molecule has 1 atom stereocenters. The molecule has 0 spiro atoms. The van der Waals surface area contributed by atoms with E-state index in [4.69, 9.17) is 5.11 Å². The molecule has 3 N–H and O–H groups in total. The van der Waals surface area contributed by atoms with E-state index in [2.05, 4.69) is 10.6 Å². The smallest absolute Gasteiger partial charge is 0.321 e. The van der Waals surface area contributed by atoms with Gasteiger partial charge in [0.2, 0.25) is 0 Å². The molecule has 1 rings (SSSR count). The van der Waals surface area contributed by atoms with Gasteiger partial charge in [0.1, 0.15) is 6.04 Å². The molecule has 68 valence electrons. The topological polar surface area (TPSA) is 61.4 Å². The molecule has 0 bridgehead atoms. The van der Waals surface area contributed by atoms with Crippen LogP contribution < -0.4 is 10.6 Å². The van der Waals surface area contributed by atoms with Gasteiger partial charge in [-0.15, -0.1) is 11.8 Å². The third kappa shape index (κ3) is 2.42. The summed E-state index contributed by atoms with van der Waals surface area (Å²) < 4.78 is 0. The fourth-order valence-electron chi connectivity index (χ4n) is 0.971. The summed E-state index contributed by atoms with van der Waals surface area (Å²) in [4.78, 5) is 10.6. The van der Waals surface area contributed by atoms with Crippen molar-refractivity contribution in [3.63, 3.8) is 0 Å². The van der Waals surface area contributed by atoms with Gasteiger partial charge in [-0.3, -0.25) is 4.79 Å². The Bertz CT molecular complexity index is 206. The number of carboxylic acids is 1. The molecule has 0 amide bonds. The lowest BCUT2D eigenvalue weighted by Crippen LogP contribution is -2.35. The maximum Gasteiger partial charge on any atom is 0.321 e. The maximum absolute atomic E-state index is 10.6. The average molecular weight is 188 g/mol. The number of hydrogen-bond donors (Lipinski definition) is 3. The van der Waals surface area contributed by atoms with Crippen LogP contribution in [0.2, 0.25) is 0 Å². The first-order chi connectivity index (χ1) is 5.74. The number of aliphatic carboxylic acids is 1. The van der Waals surface area contributed by atoms with Crippen molar-refractivity contribution in [2.24, 2.45) is 0 Å². The third-order valence-corrected chi connectivity index (χ3v) is 2.44. The van der Waals surface area contributed by atoms with E-state index in [0.717, 1.165) is 11.6 Å². The van der Waals surface area contributed by atoms with Crippen LogP contribution in [0.1, 0.15) is 6.42 Å². The highest BCUT2D eigenvalue weighted by molar-refractivity contribution is 8.02. The van der Waals surface area contributed by atoms with Crippen LogP contribution in [0.5, 0.6) is 0 Å². The van der Waals surface area contributed by atoms with E-state index < -0.39 is 12.0 Å². The van der Waals surface area contributed by atoms with Crippen LogP contribution in [0, 0.1) is 0 Å². The molecular weight excluding hydrogens is 176 g/mol. The number of carbonyl (C=O) groups is 1. The van der Waals surface area contributed by atoms with Gasteiger partial charge < -0.3 is 15.7 Å². The quantitative estimate of drug-likeness (QED) is 0.587. The highest BCUT2D eigenvalue weighted by Gasteiger charge is 2.17. The molecular formula is C7H12N2O2S. The van der Waals surface area contributed by atoms with Crippen LogP contribution in [-0.4, -0.2) is 30.0 Å². The molecule has 1 aliphatic rings. The van der Waals surface area contributed by atoms with Gasteiger partial charge in [0.15, 0.2) is 0 Å². The number of likely N-dealkylation sites (N-methyl/N-ethyl adjacent to an activating group) is 1. The molecule has 0 radical (unpaired) electrons. The minimum atomic E-state index is -0.808. The van der Waals surface area contributed by atoms with Crippen molar-refractivity contribution in [3.8, 4) is 0 Å². The van der Waals surface area contributed by atoms with E-state index in [-0.39, 0.29) is 0 Å². The summed E-state index contributed by atoms with van der Waals surface area (Å²) in [7, 11) is 1.65. The van der Waals surface area contributed by atoms with Crippen molar-refractivity contribution in [1.82, 2.24) is 10.6 Å². The van der Waals surface area contributed by atoms with Gasteiger partial charge in [0.05, 0.1) is 5.88 Å². The zero-order valence-electron chi connectivity index (χ0n) is 6.83. The average Bonchev–Trinajstić information content (AvgIpc) is 2.51. The Labute approximate surface area is 75.4 Å². The number of hydrogen-bond acceptors (Lipinski definition) is 4. The predicted octanol–water partition coefficient (Wildman–Crippen LogP) is 0.184. The molecule has 12 heavy (non-hydrogen) atoms. The van der Waals surface area contributed by atoms with Crippen molar-refractivity contribution in [1.29, 1.82) is 0 Å². The monoisotopic (exact) mass is 188 g/mol. The van der Waals surface area contributed by atoms with Gasteiger partial charge >= 0.3 is 5.97 Å². The highest BCUT2D eigenvalue weighted by Crippen LogP contribution is 2.16. The summed E-state index contributed by atoms with van der Waals surface area (Å²) in [5.74, 6) is 0.0443. The van der Waals surface area contributed by atoms with E-state index >= 15 is 0 Å². The van der Waals surface area contributed by atoms with Crippen LogP contribution >= 0.6 is 11.8 Å². The largest absolute Gasteiger partial charge is 0.480 e. The Hall–Kier alpha value is -0.680. The number of nitrogens with one attached hydrogen (secondary N) is 2. The Morgan fingerprint density at radius 2 is 2.75 bits per heavy atom. The van der Waals surface area contributed by atoms with Gasteiger partial charge in [0.25, 0.3) is 0 Å². The fourth-order valence-corrected chi connectivity index (χ4v) is 1.70. The van der Waals surface area contributed by atoms with Gasteiger partial charge in [-0.25, -0.2) is 0 Å². The molecule has 1 aliphatic heterocycles. The normalized spacial score (nSPS) is 18.2. The molecule has 4 nitrogen and oxygen atoms in total. The summed E-state index contributed by atoms with van der Waals surface area (Å²) >= 11 is 1.65. The lowest BCUT2D eigenvalue weighted by atomic mass is 10.2. The molecule has 0 aromatic heterocycles. The zero-order chi connectivity index (χ0) is 8.97. The van der Waals surface area contributed by atoms with Crippen LogP contribution in [0.15, 0.2) is 11.1 Å². The van der Waals surface area contributed by atoms with Crippen molar-refractivity contribution >= 4 is 17.7 Å². The van der Waals surface area contributed by atoms with Crippen LogP contribution in [0.4, 0.5) is 0 Å². The number of carboxylic acid groups (broad SMARTS) is 1. The van der Waals surface area contributed by atoms with Gasteiger partial charge in [-0.1, -0.05) is 0 Å². The molecule has 1 heterocycles. The van der Waals surface area contributed by atoms with E-state index in [1.807, 2.05) is 5.41 Å². The van der Waals surface area contributed by atoms with E-state index in [0.29, 0.717) is 6.42 Å². The molecule has 5 heteroatoms. The highest BCUT2D eigenvalue weighted by atomic mass is 32.2. The van der Waals surface area contributed by atoms with E-state index in [1.54, 1.807) is 18.8 Å². The summed E-state index contributed by atoms with van der Waals surface area (Å²) in [6, 6.07) is -0.484. The second kappa shape index (κ2) is 4.37. The Morgan fingerprint density at radius 1 is 2.00 bits per heavy atom.